The fourth-order valence-corrected chi connectivity index (χ4v) is 2.00. The highest BCUT2D eigenvalue weighted by Gasteiger charge is 2.22. The fraction of sp³-hybridized carbons (Fsp3) is 0.286. The van der Waals surface area contributed by atoms with Crippen molar-refractivity contribution in [2.24, 2.45) is 0 Å². The molecule has 1 heterocycles. The molecule has 0 aliphatic rings. The van der Waals surface area contributed by atoms with Crippen molar-refractivity contribution in [3.8, 4) is 0 Å². The van der Waals surface area contributed by atoms with Crippen molar-refractivity contribution in [1.82, 2.24) is 10.3 Å². The lowest BCUT2D eigenvalue weighted by Crippen LogP contribution is -2.33. The van der Waals surface area contributed by atoms with Crippen molar-refractivity contribution in [3.63, 3.8) is 0 Å². The third-order valence-corrected chi connectivity index (χ3v) is 2.76. The summed E-state index contributed by atoms with van der Waals surface area (Å²) in [4.78, 5) is 15.5. The molecule has 0 radical (unpaired) electrons. The molecule has 1 unspecified atom stereocenters. The second-order valence-corrected chi connectivity index (χ2v) is 4.54. The molecular weight excluding hydrogens is 228 g/mol. The summed E-state index contributed by atoms with van der Waals surface area (Å²) in [5, 5.41) is 14.3. The number of carboxylic acid groups (broad SMARTS) is 1. The third kappa shape index (κ3) is 2.49. The minimum Gasteiger partial charge on any atom is -0.480 e. The summed E-state index contributed by atoms with van der Waals surface area (Å²) in [5.74, 6) is -0.887. The zero-order valence-electron chi connectivity index (χ0n) is 10.4. The Morgan fingerprint density at radius 2 is 2.00 bits per heavy atom. The number of nitrogens with zero attached hydrogens (tertiary/aromatic N) is 1. The lowest BCUT2D eigenvalue weighted by molar-refractivity contribution is -0.139. The molecule has 4 nitrogen and oxygen atoms in total. The van der Waals surface area contributed by atoms with Crippen LogP contribution in [0.3, 0.4) is 0 Å². The maximum Gasteiger partial charge on any atom is 0.325 e. The summed E-state index contributed by atoms with van der Waals surface area (Å²) in [7, 11) is 0. The van der Waals surface area contributed by atoms with Gasteiger partial charge in [-0.05, 0) is 19.2 Å². The van der Waals surface area contributed by atoms with E-state index in [0.717, 1.165) is 10.8 Å². The molecule has 0 aliphatic heterocycles. The highest BCUT2D eigenvalue weighted by atomic mass is 16.4. The first-order valence-corrected chi connectivity index (χ1v) is 5.91. The summed E-state index contributed by atoms with van der Waals surface area (Å²) in [5.41, 5.74) is 0.703. The number of aromatic nitrogens is 1. The topological polar surface area (TPSA) is 62.2 Å². The second-order valence-electron chi connectivity index (χ2n) is 4.54. The minimum absolute atomic E-state index is 0.0880. The van der Waals surface area contributed by atoms with Crippen molar-refractivity contribution in [3.05, 3.63) is 42.2 Å². The molecular formula is C14H16N2O2. The molecule has 0 bridgehead atoms. The van der Waals surface area contributed by atoms with Gasteiger partial charge in [0.15, 0.2) is 0 Å². The van der Waals surface area contributed by atoms with Gasteiger partial charge in [-0.1, -0.05) is 24.3 Å². The molecule has 4 heteroatoms. The minimum atomic E-state index is -0.887. The number of fused-ring (bicyclic) bond motifs is 1. The number of benzene rings is 1. The van der Waals surface area contributed by atoms with E-state index in [4.69, 9.17) is 0 Å². The number of carbonyl (C=O) groups is 1. The Kier molecular flexibility index (Phi) is 3.58. The van der Waals surface area contributed by atoms with Crippen molar-refractivity contribution >= 4 is 16.7 Å². The number of pyridine rings is 1. The van der Waals surface area contributed by atoms with Crippen molar-refractivity contribution < 1.29 is 9.90 Å². The molecule has 0 fully saturated rings. The predicted molar refractivity (Wildman–Crippen MR) is 70.4 cm³/mol. The van der Waals surface area contributed by atoms with Crippen LogP contribution in [0.1, 0.15) is 25.5 Å². The molecule has 1 atom stereocenters. The lowest BCUT2D eigenvalue weighted by Gasteiger charge is -2.18. The molecule has 2 aromatic rings. The Morgan fingerprint density at radius 1 is 1.28 bits per heavy atom. The van der Waals surface area contributed by atoms with Gasteiger partial charge in [-0.2, -0.15) is 0 Å². The summed E-state index contributed by atoms with van der Waals surface area (Å²) < 4.78 is 0. The van der Waals surface area contributed by atoms with Crippen molar-refractivity contribution in [2.45, 2.75) is 25.9 Å². The van der Waals surface area contributed by atoms with Crippen LogP contribution in [0.2, 0.25) is 0 Å². The van der Waals surface area contributed by atoms with Gasteiger partial charge in [0.2, 0.25) is 0 Å². The molecule has 1 aromatic carbocycles. The zero-order chi connectivity index (χ0) is 13.1. The van der Waals surface area contributed by atoms with E-state index in [9.17, 15) is 9.90 Å². The summed E-state index contributed by atoms with van der Waals surface area (Å²) in [6.45, 7) is 3.85. The molecule has 18 heavy (non-hydrogen) atoms. The van der Waals surface area contributed by atoms with E-state index in [1.54, 1.807) is 12.4 Å². The maximum atomic E-state index is 11.4. The van der Waals surface area contributed by atoms with Crippen LogP contribution in [0.15, 0.2) is 36.7 Å². The summed E-state index contributed by atoms with van der Waals surface area (Å²) in [6.07, 6.45) is 3.36. The zero-order valence-corrected chi connectivity index (χ0v) is 10.4. The number of nitrogens with one attached hydrogen (secondary N) is 1. The molecule has 2 N–H and O–H groups in total. The Balaban J connectivity index is 2.53. The SMILES string of the molecule is CC(C)NC(C(=O)O)c1cncc2ccccc12. The number of hydrogen-bond donors (Lipinski definition) is 2. The van der Waals surface area contributed by atoms with Gasteiger partial charge in [0.1, 0.15) is 6.04 Å². The molecule has 0 saturated heterocycles. The van der Waals surface area contributed by atoms with Crippen LogP contribution in [-0.4, -0.2) is 22.1 Å². The lowest BCUT2D eigenvalue weighted by atomic mass is 10.0. The largest absolute Gasteiger partial charge is 0.480 e. The molecule has 0 saturated carbocycles. The average Bonchev–Trinajstić information content (AvgIpc) is 2.35. The number of carboxylic acids is 1. The number of hydrogen-bond acceptors (Lipinski definition) is 3. The first-order chi connectivity index (χ1) is 8.59. The number of rotatable bonds is 4. The van der Waals surface area contributed by atoms with Crippen LogP contribution in [0.5, 0.6) is 0 Å². The standard InChI is InChI=1S/C14H16N2O2/c1-9(2)16-13(14(17)18)12-8-15-7-10-5-3-4-6-11(10)12/h3-9,13,16H,1-2H3,(H,17,18). The Bertz CT molecular complexity index is 561. The average molecular weight is 244 g/mol. The van der Waals surface area contributed by atoms with Gasteiger partial charge in [-0.3, -0.25) is 15.1 Å². The van der Waals surface area contributed by atoms with Crippen LogP contribution in [0.25, 0.3) is 10.8 Å². The van der Waals surface area contributed by atoms with Crippen LogP contribution < -0.4 is 5.32 Å². The monoisotopic (exact) mass is 244 g/mol. The van der Waals surface area contributed by atoms with E-state index in [1.807, 2.05) is 38.1 Å². The van der Waals surface area contributed by atoms with Gasteiger partial charge >= 0.3 is 5.97 Å². The van der Waals surface area contributed by atoms with Gasteiger partial charge in [0, 0.05) is 29.4 Å². The van der Waals surface area contributed by atoms with Crippen molar-refractivity contribution in [1.29, 1.82) is 0 Å². The van der Waals surface area contributed by atoms with Gasteiger partial charge in [-0.25, -0.2) is 0 Å². The van der Waals surface area contributed by atoms with Crippen LogP contribution in [0, 0.1) is 0 Å². The second kappa shape index (κ2) is 5.14. The summed E-state index contributed by atoms with van der Waals surface area (Å²) >= 11 is 0. The molecule has 2 rings (SSSR count). The van der Waals surface area contributed by atoms with E-state index in [2.05, 4.69) is 10.3 Å². The Hall–Kier alpha value is -1.94. The van der Waals surface area contributed by atoms with Gasteiger partial charge in [-0.15, -0.1) is 0 Å². The van der Waals surface area contributed by atoms with Gasteiger partial charge < -0.3 is 5.11 Å². The van der Waals surface area contributed by atoms with Crippen LogP contribution in [0.4, 0.5) is 0 Å². The fourth-order valence-electron chi connectivity index (χ4n) is 2.00. The molecule has 94 valence electrons. The Labute approximate surface area is 106 Å². The maximum absolute atomic E-state index is 11.4. The predicted octanol–water partition coefficient (Wildman–Crippen LogP) is 2.36. The first-order valence-electron chi connectivity index (χ1n) is 5.91. The summed E-state index contributed by atoms with van der Waals surface area (Å²) in [6, 6.07) is 7.03. The highest BCUT2D eigenvalue weighted by Crippen LogP contribution is 2.23. The normalized spacial score (nSPS) is 12.8. The van der Waals surface area contributed by atoms with E-state index >= 15 is 0 Å². The van der Waals surface area contributed by atoms with E-state index in [-0.39, 0.29) is 6.04 Å². The first kappa shape index (κ1) is 12.5. The smallest absolute Gasteiger partial charge is 0.325 e. The molecule has 0 spiro atoms. The van der Waals surface area contributed by atoms with E-state index in [0.29, 0.717) is 5.56 Å². The highest BCUT2D eigenvalue weighted by molar-refractivity contribution is 5.89. The van der Waals surface area contributed by atoms with Crippen LogP contribution >= 0.6 is 0 Å². The molecule has 0 amide bonds. The number of aliphatic carboxylic acids is 1. The molecule has 0 aliphatic carbocycles. The molecule has 1 aromatic heterocycles. The van der Waals surface area contributed by atoms with Gasteiger partial charge in [0.25, 0.3) is 0 Å². The van der Waals surface area contributed by atoms with E-state index < -0.39 is 12.0 Å². The quantitative estimate of drug-likeness (QED) is 0.866. The Morgan fingerprint density at radius 3 is 2.67 bits per heavy atom. The third-order valence-electron chi connectivity index (χ3n) is 2.76. The van der Waals surface area contributed by atoms with Crippen molar-refractivity contribution in [2.75, 3.05) is 0 Å². The van der Waals surface area contributed by atoms with Crippen LogP contribution in [-0.2, 0) is 4.79 Å². The van der Waals surface area contributed by atoms with E-state index in [1.165, 1.54) is 0 Å². The van der Waals surface area contributed by atoms with Gasteiger partial charge in [0.05, 0.1) is 0 Å².